The average molecular weight is 357 g/mol. The minimum atomic E-state index is -1.34. The molecule has 5 atom stereocenters. The van der Waals surface area contributed by atoms with E-state index < -0.39 is 17.9 Å². The second kappa shape index (κ2) is 10.00. The summed E-state index contributed by atoms with van der Waals surface area (Å²) in [7, 11) is 0. The van der Waals surface area contributed by atoms with Crippen LogP contribution < -0.4 is 5.32 Å². The Morgan fingerprint density at radius 3 is 2.56 bits per heavy atom. The van der Waals surface area contributed by atoms with Crippen molar-refractivity contribution in [3.8, 4) is 0 Å². The molecule has 2 N–H and O–H groups in total. The molecule has 0 saturated carbocycles. The maximum atomic E-state index is 12.5. The summed E-state index contributed by atoms with van der Waals surface area (Å²) in [5.74, 6) is 0.559. The average Bonchev–Trinajstić information content (AvgIpc) is 2.49. The lowest BCUT2D eigenvalue weighted by atomic mass is 9.87. The fourth-order valence-electron chi connectivity index (χ4n) is 3.78. The molecule has 6 heteroatoms. The normalized spacial score (nSPS) is 36.1. The van der Waals surface area contributed by atoms with Gasteiger partial charge in [0.15, 0.2) is 5.60 Å². The summed E-state index contributed by atoms with van der Waals surface area (Å²) in [6, 6.07) is 0. The maximum absolute atomic E-state index is 12.5. The van der Waals surface area contributed by atoms with Gasteiger partial charge in [0, 0.05) is 6.42 Å². The molecule has 4 unspecified atom stereocenters. The van der Waals surface area contributed by atoms with Gasteiger partial charge in [-0.25, -0.2) is 4.79 Å². The summed E-state index contributed by atoms with van der Waals surface area (Å²) >= 11 is 0. The van der Waals surface area contributed by atoms with Crippen LogP contribution in [0, 0.1) is 17.8 Å². The Kier molecular flexibility index (Phi) is 8.69. The summed E-state index contributed by atoms with van der Waals surface area (Å²) in [5, 5.41) is 12.5. The molecule has 0 spiro atoms. The van der Waals surface area contributed by atoms with Crippen molar-refractivity contribution in [3.63, 3.8) is 0 Å². The second-order valence-electron chi connectivity index (χ2n) is 7.89. The lowest BCUT2D eigenvalue weighted by Crippen LogP contribution is -2.48. The van der Waals surface area contributed by atoms with Gasteiger partial charge < -0.3 is 19.9 Å². The highest BCUT2D eigenvalue weighted by molar-refractivity contribution is 5.72. The lowest BCUT2D eigenvalue weighted by Gasteiger charge is -2.36. The van der Waals surface area contributed by atoms with Gasteiger partial charge in [-0.3, -0.25) is 4.79 Å². The first kappa shape index (κ1) is 21.7. The number of nitrogens with one attached hydrogen (secondary N) is 1. The number of esters is 1. The minimum absolute atomic E-state index is 0.202. The molecule has 1 aliphatic heterocycles. The van der Waals surface area contributed by atoms with E-state index in [1.54, 1.807) is 6.92 Å². The van der Waals surface area contributed by atoms with Crippen molar-refractivity contribution in [3.05, 3.63) is 0 Å². The van der Waals surface area contributed by atoms with E-state index in [0.29, 0.717) is 31.2 Å². The Hall–Kier alpha value is -1.30. The first-order valence-corrected chi connectivity index (χ1v) is 9.51. The van der Waals surface area contributed by atoms with Gasteiger partial charge in [-0.1, -0.05) is 27.7 Å². The van der Waals surface area contributed by atoms with E-state index in [9.17, 15) is 9.59 Å². The third kappa shape index (κ3) is 7.22. The second-order valence-corrected chi connectivity index (χ2v) is 7.89. The van der Waals surface area contributed by atoms with Crippen LogP contribution in [0.15, 0.2) is 0 Å². The van der Waals surface area contributed by atoms with Gasteiger partial charge in [0.05, 0.1) is 5.92 Å². The highest BCUT2D eigenvalue weighted by Gasteiger charge is 2.40. The van der Waals surface area contributed by atoms with Crippen LogP contribution in [-0.4, -0.2) is 42.0 Å². The molecule has 1 saturated heterocycles. The van der Waals surface area contributed by atoms with Crippen LogP contribution in [-0.2, 0) is 14.3 Å². The molecule has 0 aromatic carbocycles. The molecular weight excluding hydrogens is 322 g/mol. The molecule has 1 fully saturated rings. The highest BCUT2D eigenvalue weighted by atomic mass is 16.7. The molecule has 6 nitrogen and oxygen atoms in total. The predicted molar refractivity (Wildman–Crippen MR) is 96.5 cm³/mol. The molecular formula is C19H35NO5. The van der Waals surface area contributed by atoms with E-state index in [4.69, 9.17) is 14.6 Å². The summed E-state index contributed by atoms with van der Waals surface area (Å²) < 4.78 is 10.9. The SMILES string of the molecule is CCC1OC(=O)C(C)CC(C)CC(C)CCNCC[C@]1(C)OC(=O)O. The number of rotatable bonds is 2. The van der Waals surface area contributed by atoms with Gasteiger partial charge in [0.25, 0.3) is 0 Å². The molecule has 0 radical (unpaired) electrons. The van der Waals surface area contributed by atoms with Crippen molar-refractivity contribution in [1.82, 2.24) is 5.32 Å². The Labute approximate surface area is 151 Å². The van der Waals surface area contributed by atoms with Crippen LogP contribution in [0.25, 0.3) is 0 Å². The minimum Gasteiger partial charge on any atom is -0.458 e. The molecule has 1 heterocycles. The van der Waals surface area contributed by atoms with Crippen molar-refractivity contribution in [2.24, 2.45) is 17.8 Å². The number of hydrogen-bond donors (Lipinski definition) is 2. The van der Waals surface area contributed by atoms with Crippen molar-refractivity contribution in [1.29, 1.82) is 0 Å². The first-order chi connectivity index (χ1) is 11.7. The topological polar surface area (TPSA) is 84.9 Å². The van der Waals surface area contributed by atoms with Crippen molar-refractivity contribution >= 4 is 12.1 Å². The molecule has 0 amide bonds. The summed E-state index contributed by atoms with van der Waals surface area (Å²) in [6.45, 7) is 11.4. The van der Waals surface area contributed by atoms with E-state index in [1.807, 2.05) is 13.8 Å². The first-order valence-electron chi connectivity index (χ1n) is 9.51. The fraction of sp³-hybridized carbons (Fsp3) is 0.895. The zero-order valence-electron chi connectivity index (χ0n) is 16.3. The molecule has 146 valence electrons. The van der Waals surface area contributed by atoms with Crippen molar-refractivity contribution in [2.75, 3.05) is 13.1 Å². The molecule has 1 rings (SSSR count). The molecule has 0 aromatic rings. The quantitative estimate of drug-likeness (QED) is 0.731. The van der Waals surface area contributed by atoms with Crippen LogP contribution in [0.2, 0.25) is 0 Å². The van der Waals surface area contributed by atoms with Crippen molar-refractivity contribution < 1.29 is 24.2 Å². The summed E-state index contributed by atoms with van der Waals surface area (Å²) in [4.78, 5) is 23.7. The van der Waals surface area contributed by atoms with Gasteiger partial charge in [0.2, 0.25) is 0 Å². The van der Waals surface area contributed by atoms with Crippen molar-refractivity contribution in [2.45, 2.75) is 78.4 Å². The Morgan fingerprint density at radius 1 is 1.28 bits per heavy atom. The number of carbonyl (C=O) groups excluding carboxylic acids is 1. The molecule has 0 aliphatic carbocycles. The Bertz CT molecular complexity index is 442. The predicted octanol–water partition coefficient (Wildman–Crippen LogP) is 3.83. The number of carboxylic acid groups (broad SMARTS) is 1. The molecule has 0 bridgehead atoms. The zero-order chi connectivity index (χ0) is 19.0. The molecule has 25 heavy (non-hydrogen) atoms. The van der Waals surface area contributed by atoms with Crippen LogP contribution in [0.3, 0.4) is 0 Å². The number of hydrogen-bond acceptors (Lipinski definition) is 5. The van der Waals surface area contributed by atoms with Gasteiger partial charge in [-0.05, 0) is 57.5 Å². The monoisotopic (exact) mass is 357 g/mol. The van der Waals surface area contributed by atoms with E-state index >= 15 is 0 Å². The van der Waals surface area contributed by atoms with Gasteiger partial charge in [-0.2, -0.15) is 0 Å². The van der Waals surface area contributed by atoms with Crippen LogP contribution in [0.5, 0.6) is 0 Å². The summed E-state index contributed by atoms with van der Waals surface area (Å²) in [6.07, 6.45) is 1.99. The third-order valence-corrected chi connectivity index (χ3v) is 5.21. The number of carbonyl (C=O) groups is 2. The number of ether oxygens (including phenoxy) is 2. The van der Waals surface area contributed by atoms with Crippen LogP contribution >= 0.6 is 0 Å². The maximum Gasteiger partial charge on any atom is 0.506 e. The van der Waals surface area contributed by atoms with Gasteiger partial charge in [0.1, 0.15) is 6.10 Å². The Balaban J connectivity index is 2.95. The largest absolute Gasteiger partial charge is 0.506 e. The highest BCUT2D eigenvalue weighted by Crippen LogP contribution is 2.28. The fourth-order valence-corrected chi connectivity index (χ4v) is 3.78. The third-order valence-electron chi connectivity index (χ3n) is 5.21. The standard InChI is InChI=1S/C19H35NO5/c1-6-16-19(5,25-18(22)23)8-10-20-9-7-13(2)11-14(3)12-15(4)17(21)24-16/h13-16,20H,6-12H2,1-5H3,(H,22,23)/t13?,14?,15?,16?,19-/m0/s1. The number of cyclic esters (lactones) is 1. The molecule has 1 aliphatic rings. The van der Waals surface area contributed by atoms with E-state index in [1.165, 1.54) is 0 Å². The lowest BCUT2D eigenvalue weighted by molar-refractivity contribution is -0.171. The smallest absolute Gasteiger partial charge is 0.458 e. The van der Waals surface area contributed by atoms with Gasteiger partial charge >= 0.3 is 12.1 Å². The Morgan fingerprint density at radius 2 is 1.96 bits per heavy atom. The van der Waals surface area contributed by atoms with Crippen LogP contribution in [0.1, 0.15) is 66.7 Å². The molecule has 0 aromatic heterocycles. The zero-order valence-corrected chi connectivity index (χ0v) is 16.3. The van der Waals surface area contributed by atoms with E-state index in [-0.39, 0.29) is 11.9 Å². The van der Waals surface area contributed by atoms with E-state index in [0.717, 1.165) is 25.8 Å². The van der Waals surface area contributed by atoms with Crippen LogP contribution in [0.4, 0.5) is 4.79 Å². The van der Waals surface area contributed by atoms with Gasteiger partial charge in [-0.15, -0.1) is 0 Å². The van der Waals surface area contributed by atoms with E-state index in [2.05, 4.69) is 19.2 Å². The summed E-state index contributed by atoms with van der Waals surface area (Å²) in [5.41, 5.74) is -1.05.